The predicted molar refractivity (Wildman–Crippen MR) is 95.3 cm³/mol. The van der Waals surface area contributed by atoms with Gasteiger partial charge in [0.05, 0.1) is 19.3 Å². The van der Waals surface area contributed by atoms with Crippen LogP contribution in [0.5, 0.6) is 5.75 Å². The lowest BCUT2D eigenvalue weighted by atomic mass is 10.0. The lowest BCUT2D eigenvalue weighted by Gasteiger charge is -2.18. The highest BCUT2D eigenvalue weighted by molar-refractivity contribution is 7.15. The Morgan fingerprint density at radius 3 is 2.54 bits per heavy atom. The predicted octanol–water partition coefficient (Wildman–Crippen LogP) is 4.28. The van der Waals surface area contributed by atoms with Gasteiger partial charge in [-0.25, -0.2) is 4.79 Å². The molecule has 0 radical (unpaired) electrons. The molecular formula is C18H19F2NO4S. The van der Waals surface area contributed by atoms with E-state index in [1.807, 2.05) is 0 Å². The molecule has 0 bridgehead atoms. The van der Waals surface area contributed by atoms with Crippen LogP contribution in [0, 0.1) is 13.8 Å². The van der Waals surface area contributed by atoms with Gasteiger partial charge in [0.15, 0.2) is 0 Å². The number of aryl methyl sites for hydroxylation is 2. The van der Waals surface area contributed by atoms with Crippen molar-refractivity contribution < 1.29 is 27.8 Å². The van der Waals surface area contributed by atoms with Gasteiger partial charge in [0, 0.05) is 5.56 Å². The van der Waals surface area contributed by atoms with E-state index in [2.05, 4.69) is 5.32 Å². The number of nitrogens with one attached hydrogen (secondary N) is 1. The highest BCUT2D eigenvalue weighted by atomic mass is 32.1. The summed E-state index contributed by atoms with van der Waals surface area (Å²) in [5, 5.41) is 3.77. The molecule has 26 heavy (non-hydrogen) atoms. The number of carbonyl (C=O) groups excluding carboxylic acids is 2. The second kappa shape index (κ2) is 7.82. The van der Waals surface area contributed by atoms with Gasteiger partial charge in [0.2, 0.25) is 0 Å². The van der Waals surface area contributed by atoms with E-state index in [9.17, 15) is 18.4 Å². The van der Waals surface area contributed by atoms with Gasteiger partial charge >= 0.3 is 11.9 Å². The Bertz CT molecular complexity index is 833. The van der Waals surface area contributed by atoms with Crippen molar-refractivity contribution in [2.24, 2.45) is 0 Å². The highest BCUT2D eigenvalue weighted by Gasteiger charge is 2.42. The van der Waals surface area contributed by atoms with Crippen LogP contribution in [0.4, 0.5) is 13.8 Å². The molecule has 0 atom stereocenters. The Hall–Kier alpha value is -2.48. The summed E-state index contributed by atoms with van der Waals surface area (Å²) in [5.74, 6) is -5.74. The van der Waals surface area contributed by atoms with Crippen LogP contribution in [0.1, 0.15) is 34.0 Å². The molecule has 1 aromatic heterocycles. The van der Waals surface area contributed by atoms with Crippen molar-refractivity contribution in [3.8, 4) is 5.75 Å². The molecule has 0 fully saturated rings. The number of rotatable bonds is 6. The van der Waals surface area contributed by atoms with Crippen molar-refractivity contribution in [2.45, 2.75) is 26.7 Å². The first-order valence-corrected chi connectivity index (χ1v) is 8.69. The number of hydrogen-bond acceptors (Lipinski definition) is 5. The molecule has 8 heteroatoms. The number of ether oxygens (including phenoxy) is 2. The molecule has 0 saturated carbocycles. The van der Waals surface area contributed by atoms with Crippen molar-refractivity contribution in [2.75, 3.05) is 19.0 Å². The number of hydrogen-bond donors (Lipinski definition) is 1. The second-order valence-electron chi connectivity index (χ2n) is 5.56. The normalized spacial score (nSPS) is 11.2. The van der Waals surface area contributed by atoms with Crippen LogP contribution in [0.2, 0.25) is 0 Å². The maximum atomic E-state index is 14.6. The minimum Gasteiger partial charge on any atom is -0.496 e. The van der Waals surface area contributed by atoms with E-state index in [1.165, 1.54) is 19.2 Å². The minimum absolute atomic E-state index is 0.0321. The zero-order valence-corrected chi connectivity index (χ0v) is 15.6. The summed E-state index contributed by atoms with van der Waals surface area (Å²) >= 11 is 0.989. The maximum Gasteiger partial charge on any atom is 0.350 e. The lowest BCUT2D eigenvalue weighted by Crippen LogP contribution is -2.32. The van der Waals surface area contributed by atoms with Crippen LogP contribution < -0.4 is 10.1 Å². The molecular weight excluding hydrogens is 364 g/mol. The maximum absolute atomic E-state index is 14.6. The van der Waals surface area contributed by atoms with E-state index < -0.39 is 23.4 Å². The SMILES string of the molecule is CCOC(=O)c1c(C)csc1NC(=O)C(F)(F)c1ccc(C)c(OC)c1. The van der Waals surface area contributed by atoms with Crippen LogP contribution in [0.3, 0.4) is 0 Å². The number of thiophene rings is 1. The van der Waals surface area contributed by atoms with Crippen molar-refractivity contribution in [1.82, 2.24) is 0 Å². The molecule has 140 valence electrons. The molecule has 0 unspecified atom stereocenters. The first-order chi connectivity index (χ1) is 12.2. The average Bonchev–Trinajstić information content (AvgIpc) is 2.95. The fourth-order valence-electron chi connectivity index (χ4n) is 2.32. The van der Waals surface area contributed by atoms with E-state index in [4.69, 9.17) is 9.47 Å². The van der Waals surface area contributed by atoms with Crippen molar-refractivity contribution in [3.05, 3.63) is 45.8 Å². The number of halogens is 2. The van der Waals surface area contributed by atoms with Gasteiger partial charge in [-0.2, -0.15) is 8.78 Å². The van der Waals surface area contributed by atoms with Crippen molar-refractivity contribution in [3.63, 3.8) is 0 Å². The quantitative estimate of drug-likeness (QED) is 0.756. The van der Waals surface area contributed by atoms with E-state index in [0.29, 0.717) is 11.1 Å². The summed E-state index contributed by atoms with van der Waals surface area (Å²) in [6.45, 7) is 5.12. The number of carbonyl (C=O) groups is 2. The van der Waals surface area contributed by atoms with Crippen LogP contribution in [-0.2, 0) is 15.5 Å². The van der Waals surface area contributed by atoms with Gasteiger partial charge in [-0.15, -0.1) is 11.3 Å². The molecule has 0 aliphatic rings. The van der Waals surface area contributed by atoms with Gasteiger partial charge in [0.1, 0.15) is 10.8 Å². The topological polar surface area (TPSA) is 64.6 Å². The minimum atomic E-state index is -3.80. The molecule has 1 aromatic carbocycles. The molecule has 0 saturated heterocycles. The highest BCUT2D eigenvalue weighted by Crippen LogP contribution is 2.35. The van der Waals surface area contributed by atoms with E-state index in [-0.39, 0.29) is 22.9 Å². The zero-order chi connectivity index (χ0) is 19.5. The summed E-state index contributed by atoms with van der Waals surface area (Å²) in [6.07, 6.45) is 0. The van der Waals surface area contributed by atoms with E-state index in [0.717, 1.165) is 17.4 Å². The second-order valence-corrected chi connectivity index (χ2v) is 6.44. The molecule has 0 aliphatic heterocycles. The number of methoxy groups -OCH3 is 1. The van der Waals surface area contributed by atoms with Crippen molar-refractivity contribution in [1.29, 1.82) is 0 Å². The van der Waals surface area contributed by atoms with Gasteiger partial charge in [-0.05, 0) is 43.3 Å². The first kappa shape index (κ1) is 19.8. The van der Waals surface area contributed by atoms with Gasteiger partial charge < -0.3 is 14.8 Å². The Labute approximate surface area is 153 Å². The lowest BCUT2D eigenvalue weighted by molar-refractivity contribution is -0.140. The molecule has 0 spiro atoms. The number of esters is 1. The first-order valence-electron chi connectivity index (χ1n) is 7.82. The summed E-state index contributed by atoms with van der Waals surface area (Å²) in [7, 11) is 1.37. The molecule has 1 amide bonds. The van der Waals surface area contributed by atoms with Gasteiger partial charge in [-0.1, -0.05) is 12.1 Å². The fraction of sp³-hybridized carbons (Fsp3) is 0.333. The Morgan fingerprint density at radius 1 is 1.23 bits per heavy atom. The van der Waals surface area contributed by atoms with Crippen LogP contribution >= 0.6 is 11.3 Å². The third-order valence-corrected chi connectivity index (χ3v) is 4.75. The number of anilines is 1. The van der Waals surface area contributed by atoms with Gasteiger partial charge in [-0.3, -0.25) is 4.79 Å². The van der Waals surface area contributed by atoms with Crippen LogP contribution in [-0.4, -0.2) is 25.6 Å². The van der Waals surface area contributed by atoms with Crippen molar-refractivity contribution >= 4 is 28.2 Å². The summed E-state index contributed by atoms with van der Waals surface area (Å²) in [5.41, 5.74) is 0.806. The Balaban J connectivity index is 2.31. The van der Waals surface area contributed by atoms with E-state index >= 15 is 0 Å². The summed E-state index contributed by atoms with van der Waals surface area (Å²) < 4.78 is 39.1. The number of alkyl halides is 2. The largest absolute Gasteiger partial charge is 0.496 e. The smallest absolute Gasteiger partial charge is 0.350 e. The molecule has 2 rings (SSSR count). The molecule has 5 nitrogen and oxygen atoms in total. The monoisotopic (exact) mass is 383 g/mol. The van der Waals surface area contributed by atoms with Crippen LogP contribution in [0.15, 0.2) is 23.6 Å². The number of amides is 1. The summed E-state index contributed by atoms with van der Waals surface area (Å²) in [6, 6.07) is 3.75. The fourth-order valence-corrected chi connectivity index (χ4v) is 3.25. The molecule has 0 aliphatic carbocycles. The Kier molecular flexibility index (Phi) is 5.97. The molecule has 2 aromatic rings. The van der Waals surface area contributed by atoms with Crippen LogP contribution in [0.25, 0.3) is 0 Å². The Morgan fingerprint density at radius 2 is 1.92 bits per heavy atom. The molecule has 1 heterocycles. The number of benzene rings is 1. The third-order valence-electron chi connectivity index (χ3n) is 3.74. The van der Waals surface area contributed by atoms with Gasteiger partial charge in [0.25, 0.3) is 5.91 Å². The van der Waals surface area contributed by atoms with E-state index in [1.54, 1.807) is 26.2 Å². The summed E-state index contributed by atoms with van der Waals surface area (Å²) in [4.78, 5) is 24.2. The third kappa shape index (κ3) is 3.85. The average molecular weight is 383 g/mol. The molecule has 1 N–H and O–H groups in total. The zero-order valence-electron chi connectivity index (χ0n) is 14.8. The standard InChI is InChI=1S/C18H19F2NO4S/c1-5-25-16(22)14-11(3)9-26-15(14)21-17(23)18(19,20)12-7-6-10(2)13(8-12)24-4/h6-9H,5H2,1-4H3,(H,21,23).